The predicted molar refractivity (Wildman–Crippen MR) is 101 cm³/mol. The minimum absolute atomic E-state index is 0.229. The van der Waals surface area contributed by atoms with Crippen LogP contribution in [0.1, 0.15) is 12.0 Å². The fourth-order valence-electron chi connectivity index (χ4n) is 3.51. The number of ether oxygens (including phenoxy) is 2. The van der Waals surface area contributed by atoms with E-state index in [2.05, 4.69) is 29.2 Å². The fraction of sp³-hybridized carbons (Fsp3) is 0.381. The number of anilines is 1. The molecule has 0 spiro atoms. The molecular weight excluding hydrogens is 328 g/mol. The van der Waals surface area contributed by atoms with Gasteiger partial charge in [-0.15, -0.1) is 0 Å². The van der Waals surface area contributed by atoms with Crippen LogP contribution in [0.4, 0.5) is 5.69 Å². The molecule has 0 atom stereocenters. The number of carbonyl (C=O) groups excluding carboxylic acids is 1. The summed E-state index contributed by atoms with van der Waals surface area (Å²) in [4.78, 5) is 16.9. The predicted octanol–water partition coefficient (Wildman–Crippen LogP) is 2.74. The van der Waals surface area contributed by atoms with Crippen LogP contribution in [0.3, 0.4) is 0 Å². The highest BCUT2D eigenvalue weighted by atomic mass is 16.6. The van der Waals surface area contributed by atoms with Gasteiger partial charge in [0.2, 0.25) is 5.91 Å². The average Bonchev–Trinajstić information content (AvgIpc) is 2.72. The third-order valence-corrected chi connectivity index (χ3v) is 4.99. The molecule has 0 bridgehead atoms. The van der Waals surface area contributed by atoms with Gasteiger partial charge in [-0.05, 0) is 36.2 Å². The Hall–Kier alpha value is -2.69. The molecule has 4 rings (SSSR count). The van der Waals surface area contributed by atoms with Crippen molar-refractivity contribution in [2.75, 3.05) is 44.3 Å². The molecule has 0 N–H and O–H groups in total. The summed E-state index contributed by atoms with van der Waals surface area (Å²) in [7, 11) is 0. The average molecular weight is 352 g/mol. The molecular formula is C21H24N2O3. The molecule has 2 aromatic rings. The Morgan fingerprint density at radius 1 is 0.885 bits per heavy atom. The smallest absolute Gasteiger partial charge is 0.223 e. The van der Waals surface area contributed by atoms with Crippen molar-refractivity contribution in [2.24, 2.45) is 0 Å². The number of hydrogen-bond acceptors (Lipinski definition) is 4. The molecule has 2 aliphatic heterocycles. The largest absolute Gasteiger partial charge is 0.486 e. The van der Waals surface area contributed by atoms with Gasteiger partial charge in [0.25, 0.3) is 0 Å². The Morgan fingerprint density at radius 2 is 1.62 bits per heavy atom. The molecule has 136 valence electrons. The summed E-state index contributed by atoms with van der Waals surface area (Å²) in [5, 5.41) is 0. The first-order valence-electron chi connectivity index (χ1n) is 9.26. The Morgan fingerprint density at radius 3 is 2.38 bits per heavy atom. The molecule has 0 saturated carbocycles. The van der Waals surface area contributed by atoms with Gasteiger partial charge in [0.1, 0.15) is 13.2 Å². The lowest BCUT2D eigenvalue weighted by Gasteiger charge is -2.36. The van der Waals surface area contributed by atoms with Crippen molar-refractivity contribution in [1.82, 2.24) is 4.90 Å². The van der Waals surface area contributed by atoms with Gasteiger partial charge in [0.05, 0.1) is 0 Å². The number of fused-ring (bicyclic) bond motifs is 1. The van der Waals surface area contributed by atoms with Crippen molar-refractivity contribution in [3.8, 4) is 11.5 Å². The zero-order chi connectivity index (χ0) is 17.8. The molecule has 0 radical (unpaired) electrons. The van der Waals surface area contributed by atoms with Crippen molar-refractivity contribution in [3.05, 3.63) is 54.1 Å². The van der Waals surface area contributed by atoms with Gasteiger partial charge in [0, 0.05) is 38.3 Å². The van der Waals surface area contributed by atoms with Crippen molar-refractivity contribution in [2.45, 2.75) is 12.8 Å². The molecule has 26 heavy (non-hydrogen) atoms. The van der Waals surface area contributed by atoms with Gasteiger partial charge in [-0.3, -0.25) is 4.79 Å². The van der Waals surface area contributed by atoms with E-state index in [4.69, 9.17) is 9.47 Å². The minimum Gasteiger partial charge on any atom is -0.486 e. The molecule has 1 amide bonds. The van der Waals surface area contributed by atoms with E-state index in [0.717, 1.165) is 49.7 Å². The zero-order valence-corrected chi connectivity index (χ0v) is 14.9. The second kappa shape index (κ2) is 7.68. The Balaban J connectivity index is 1.28. The zero-order valence-electron chi connectivity index (χ0n) is 14.9. The van der Waals surface area contributed by atoms with E-state index >= 15 is 0 Å². The molecule has 0 aromatic heterocycles. The quantitative estimate of drug-likeness (QED) is 0.849. The van der Waals surface area contributed by atoms with Gasteiger partial charge in [-0.2, -0.15) is 0 Å². The van der Waals surface area contributed by atoms with E-state index in [-0.39, 0.29) is 5.91 Å². The second-order valence-electron chi connectivity index (χ2n) is 6.68. The Kier molecular flexibility index (Phi) is 4.95. The van der Waals surface area contributed by atoms with Gasteiger partial charge in [-0.1, -0.05) is 24.3 Å². The topological polar surface area (TPSA) is 42.0 Å². The lowest BCUT2D eigenvalue weighted by atomic mass is 10.1. The number of rotatable bonds is 4. The maximum absolute atomic E-state index is 12.6. The lowest BCUT2D eigenvalue weighted by Crippen LogP contribution is -2.48. The van der Waals surface area contributed by atoms with E-state index in [9.17, 15) is 4.79 Å². The van der Waals surface area contributed by atoms with Crippen molar-refractivity contribution in [1.29, 1.82) is 0 Å². The number of carbonyl (C=O) groups is 1. The molecule has 2 heterocycles. The summed E-state index contributed by atoms with van der Waals surface area (Å²) in [6.45, 7) is 4.53. The second-order valence-corrected chi connectivity index (χ2v) is 6.68. The molecule has 0 aliphatic carbocycles. The van der Waals surface area contributed by atoms with E-state index in [0.29, 0.717) is 19.6 Å². The van der Waals surface area contributed by atoms with Crippen LogP contribution < -0.4 is 14.4 Å². The summed E-state index contributed by atoms with van der Waals surface area (Å²) in [6.07, 6.45) is 1.26. The maximum atomic E-state index is 12.6. The standard InChI is InChI=1S/C21H24N2O3/c24-21(9-7-17-6-8-19-20(16-17)26-15-14-25-19)23-12-10-22(11-13-23)18-4-2-1-3-5-18/h1-6,8,16H,7,9-15H2. The van der Waals surface area contributed by atoms with Gasteiger partial charge >= 0.3 is 0 Å². The molecule has 5 nitrogen and oxygen atoms in total. The van der Waals surface area contributed by atoms with Crippen LogP contribution in [0.25, 0.3) is 0 Å². The number of benzene rings is 2. The van der Waals surface area contributed by atoms with Crippen molar-refractivity contribution in [3.63, 3.8) is 0 Å². The van der Waals surface area contributed by atoms with Gasteiger partial charge < -0.3 is 19.3 Å². The number of hydrogen-bond donors (Lipinski definition) is 0. The Bertz CT molecular complexity index is 755. The van der Waals surface area contributed by atoms with E-state index < -0.39 is 0 Å². The molecule has 1 saturated heterocycles. The van der Waals surface area contributed by atoms with E-state index in [1.54, 1.807) is 0 Å². The molecule has 1 fully saturated rings. The Labute approximate surface area is 154 Å². The fourth-order valence-corrected chi connectivity index (χ4v) is 3.51. The lowest BCUT2D eigenvalue weighted by molar-refractivity contribution is -0.131. The van der Waals surface area contributed by atoms with Gasteiger partial charge in [0.15, 0.2) is 11.5 Å². The van der Waals surface area contributed by atoms with Crippen LogP contribution >= 0.6 is 0 Å². The summed E-state index contributed by atoms with van der Waals surface area (Å²) >= 11 is 0. The van der Waals surface area contributed by atoms with Crippen LogP contribution in [-0.4, -0.2) is 50.2 Å². The van der Waals surface area contributed by atoms with Crippen LogP contribution in [0.5, 0.6) is 11.5 Å². The first-order chi connectivity index (χ1) is 12.8. The first-order valence-corrected chi connectivity index (χ1v) is 9.26. The van der Waals surface area contributed by atoms with Crippen molar-refractivity contribution >= 4 is 11.6 Å². The van der Waals surface area contributed by atoms with Crippen LogP contribution in [0.15, 0.2) is 48.5 Å². The highest BCUT2D eigenvalue weighted by Crippen LogP contribution is 2.31. The molecule has 2 aliphatic rings. The third kappa shape index (κ3) is 3.77. The number of amides is 1. The third-order valence-electron chi connectivity index (χ3n) is 4.99. The number of aryl methyl sites for hydroxylation is 1. The first kappa shape index (κ1) is 16.8. The summed E-state index contributed by atoms with van der Waals surface area (Å²) in [5.74, 6) is 1.81. The SMILES string of the molecule is O=C(CCc1ccc2c(c1)OCCO2)N1CCN(c2ccccc2)CC1. The molecule has 2 aromatic carbocycles. The van der Waals surface area contributed by atoms with Crippen LogP contribution in [0, 0.1) is 0 Å². The van der Waals surface area contributed by atoms with Crippen LogP contribution in [-0.2, 0) is 11.2 Å². The monoisotopic (exact) mass is 352 g/mol. The molecule has 5 heteroatoms. The highest BCUT2D eigenvalue weighted by molar-refractivity contribution is 5.77. The van der Waals surface area contributed by atoms with Crippen LogP contribution in [0.2, 0.25) is 0 Å². The van der Waals surface area contributed by atoms with Crippen molar-refractivity contribution < 1.29 is 14.3 Å². The van der Waals surface area contributed by atoms with E-state index in [1.807, 2.05) is 29.2 Å². The number of nitrogens with zero attached hydrogens (tertiary/aromatic N) is 2. The highest BCUT2D eigenvalue weighted by Gasteiger charge is 2.21. The maximum Gasteiger partial charge on any atom is 0.223 e. The number of piperazine rings is 1. The molecule has 0 unspecified atom stereocenters. The summed E-state index contributed by atoms with van der Waals surface area (Å²) in [5.41, 5.74) is 2.35. The van der Waals surface area contributed by atoms with E-state index in [1.165, 1.54) is 5.69 Å². The van der Waals surface area contributed by atoms with Gasteiger partial charge in [-0.25, -0.2) is 0 Å². The summed E-state index contributed by atoms with van der Waals surface area (Å²) in [6, 6.07) is 16.3. The normalized spacial score (nSPS) is 16.5. The summed E-state index contributed by atoms with van der Waals surface area (Å²) < 4.78 is 11.2. The minimum atomic E-state index is 0.229. The number of para-hydroxylation sites is 1.